The van der Waals surface area contributed by atoms with Gasteiger partial charge in [-0.2, -0.15) is 0 Å². The Kier molecular flexibility index (Phi) is 4.15. The highest BCUT2D eigenvalue weighted by Gasteiger charge is 2.33. The van der Waals surface area contributed by atoms with Crippen molar-refractivity contribution in [1.82, 2.24) is 5.32 Å². The number of carbonyl (C=O) groups is 2. The smallest absolute Gasteiger partial charge is 0.305 e. The molecule has 0 saturated heterocycles. The average Bonchev–Trinajstić information content (AvgIpc) is 2.47. The van der Waals surface area contributed by atoms with Crippen LogP contribution in [-0.4, -0.2) is 17.0 Å². The van der Waals surface area contributed by atoms with Gasteiger partial charge in [0, 0.05) is 0 Å². The van der Waals surface area contributed by atoms with E-state index in [1.165, 1.54) is 5.56 Å². The molecule has 1 aliphatic rings. The van der Waals surface area contributed by atoms with E-state index in [1.54, 1.807) is 0 Å². The van der Waals surface area contributed by atoms with E-state index in [-0.39, 0.29) is 18.2 Å². The van der Waals surface area contributed by atoms with Crippen molar-refractivity contribution >= 4 is 11.9 Å². The van der Waals surface area contributed by atoms with Gasteiger partial charge in [0.15, 0.2) is 0 Å². The summed E-state index contributed by atoms with van der Waals surface area (Å²) in [6.45, 7) is 1.95. The van der Waals surface area contributed by atoms with Crippen molar-refractivity contribution in [3.63, 3.8) is 0 Å². The van der Waals surface area contributed by atoms with Gasteiger partial charge in [0.25, 0.3) is 0 Å². The lowest BCUT2D eigenvalue weighted by atomic mass is 9.77. The number of hydrogen-bond donors (Lipinski definition) is 2. The zero-order chi connectivity index (χ0) is 16.4. The lowest BCUT2D eigenvalue weighted by molar-refractivity contribution is -0.137. The molecule has 4 nitrogen and oxygen atoms in total. The molecule has 0 bridgehead atoms. The Morgan fingerprint density at radius 1 is 1.22 bits per heavy atom. The molecule has 2 aromatic rings. The highest BCUT2D eigenvalue weighted by molar-refractivity contribution is 5.87. The summed E-state index contributed by atoms with van der Waals surface area (Å²) in [5, 5.41) is 12.1. The molecule has 0 heterocycles. The highest BCUT2D eigenvalue weighted by atomic mass is 16.4. The van der Waals surface area contributed by atoms with Crippen LogP contribution >= 0.6 is 0 Å². The number of nitrogens with one attached hydrogen (secondary N) is 1. The molecule has 0 saturated carbocycles. The molecule has 3 rings (SSSR count). The number of carboxylic acid groups (broad SMARTS) is 1. The normalized spacial score (nSPS) is 16.8. The van der Waals surface area contributed by atoms with Crippen LogP contribution in [0.4, 0.5) is 0 Å². The van der Waals surface area contributed by atoms with Crippen LogP contribution in [0.25, 0.3) is 0 Å². The highest BCUT2D eigenvalue weighted by Crippen LogP contribution is 2.35. The number of carboxylic acids is 1. The summed E-state index contributed by atoms with van der Waals surface area (Å²) in [5.74, 6) is -1.20. The van der Waals surface area contributed by atoms with E-state index in [2.05, 4.69) is 5.32 Å². The van der Waals surface area contributed by atoms with Gasteiger partial charge >= 0.3 is 5.97 Å². The van der Waals surface area contributed by atoms with Gasteiger partial charge < -0.3 is 10.4 Å². The van der Waals surface area contributed by atoms with Crippen molar-refractivity contribution in [3.8, 4) is 0 Å². The fraction of sp³-hybridized carbons (Fsp3) is 0.263. The molecule has 0 aliphatic heterocycles. The summed E-state index contributed by atoms with van der Waals surface area (Å²) in [4.78, 5) is 23.7. The Balaban J connectivity index is 1.77. The van der Waals surface area contributed by atoms with Gasteiger partial charge in [-0.15, -0.1) is 0 Å². The topological polar surface area (TPSA) is 66.4 Å². The number of rotatable bonds is 5. The summed E-state index contributed by atoms with van der Waals surface area (Å²) in [7, 11) is 0. The molecule has 0 spiro atoms. The van der Waals surface area contributed by atoms with Gasteiger partial charge in [0.2, 0.25) is 5.91 Å². The van der Waals surface area contributed by atoms with Crippen LogP contribution in [0.1, 0.15) is 40.6 Å². The van der Waals surface area contributed by atoms with Crippen molar-refractivity contribution in [1.29, 1.82) is 0 Å². The number of aryl methyl sites for hydroxylation is 1. The Labute approximate surface area is 135 Å². The van der Waals surface area contributed by atoms with E-state index in [0.29, 0.717) is 0 Å². The maximum atomic E-state index is 12.5. The Morgan fingerprint density at radius 2 is 2.00 bits per heavy atom. The molecular weight excluding hydrogens is 290 g/mol. The van der Waals surface area contributed by atoms with Gasteiger partial charge in [-0.05, 0) is 30.0 Å². The van der Waals surface area contributed by atoms with Gasteiger partial charge in [-0.1, -0.05) is 54.1 Å². The zero-order valence-electron chi connectivity index (χ0n) is 13.0. The van der Waals surface area contributed by atoms with Gasteiger partial charge in [0.1, 0.15) is 0 Å². The molecule has 0 radical (unpaired) electrons. The van der Waals surface area contributed by atoms with Crippen LogP contribution in [-0.2, 0) is 16.0 Å². The number of amides is 1. The van der Waals surface area contributed by atoms with Gasteiger partial charge in [0.05, 0.1) is 18.4 Å². The molecule has 0 aromatic heterocycles. The van der Waals surface area contributed by atoms with E-state index >= 15 is 0 Å². The summed E-state index contributed by atoms with van der Waals surface area (Å²) in [5.41, 5.74) is 4.11. The number of fused-ring (bicyclic) bond motifs is 1. The first-order valence-corrected chi connectivity index (χ1v) is 7.71. The molecule has 1 aliphatic carbocycles. The molecule has 118 valence electrons. The zero-order valence-corrected chi connectivity index (χ0v) is 13.0. The second-order valence-electron chi connectivity index (χ2n) is 6.03. The van der Waals surface area contributed by atoms with Crippen molar-refractivity contribution in [3.05, 3.63) is 70.8 Å². The molecule has 2 atom stereocenters. The Hall–Kier alpha value is -2.62. The maximum Gasteiger partial charge on any atom is 0.305 e. The van der Waals surface area contributed by atoms with E-state index in [9.17, 15) is 9.59 Å². The van der Waals surface area contributed by atoms with Crippen LogP contribution < -0.4 is 5.32 Å². The minimum Gasteiger partial charge on any atom is -0.481 e. The molecule has 1 amide bonds. The van der Waals surface area contributed by atoms with Crippen LogP contribution in [0.5, 0.6) is 0 Å². The lowest BCUT2D eigenvalue weighted by Crippen LogP contribution is -2.38. The average molecular weight is 309 g/mol. The van der Waals surface area contributed by atoms with Gasteiger partial charge in [-0.3, -0.25) is 9.59 Å². The van der Waals surface area contributed by atoms with E-state index in [4.69, 9.17) is 5.11 Å². The molecule has 2 aromatic carbocycles. The summed E-state index contributed by atoms with van der Waals surface area (Å²) < 4.78 is 0. The predicted octanol–water partition coefficient (Wildman–Crippen LogP) is 2.97. The van der Waals surface area contributed by atoms with Crippen molar-refractivity contribution in [2.45, 2.75) is 31.7 Å². The number of aliphatic carboxylic acids is 1. The van der Waals surface area contributed by atoms with Crippen molar-refractivity contribution < 1.29 is 14.7 Å². The molecule has 2 N–H and O–H groups in total. The summed E-state index contributed by atoms with van der Waals surface area (Å²) >= 11 is 0. The fourth-order valence-electron chi connectivity index (χ4n) is 3.08. The predicted molar refractivity (Wildman–Crippen MR) is 87.2 cm³/mol. The van der Waals surface area contributed by atoms with Gasteiger partial charge in [-0.25, -0.2) is 0 Å². The molecular formula is C19H19NO3. The minimum absolute atomic E-state index is 0.101. The molecule has 23 heavy (non-hydrogen) atoms. The van der Waals surface area contributed by atoms with E-state index < -0.39 is 12.0 Å². The molecule has 4 heteroatoms. The monoisotopic (exact) mass is 309 g/mol. The molecule has 2 unspecified atom stereocenters. The van der Waals surface area contributed by atoms with Crippen LogP contribution in [0.15, 0.2) is 48.5 Å². The fourth-order valence-corrected chi connectivity index (χ4v) is 3.08. The standard InChI is InChI=1S/C19H19NO3/c1-12-5-4-7-14(9-12)17(11-18(21)22)20-19(23)16-10-13-6-2-3-8-15(13)16/h2-9,16-17H,10-11H2,1H3,(H,20,23)(H,21,22). The third-order valence-electron chi connectivity index (χ3n) is 4.31. The van der Waals surface area contributed by atoms with Crippen molar-refractivity contribution in [2.24, 2.45) is 0 Å². The Morgan fingerprint density at radius 3 is 2.70 bits per heavy atom. The van der Waals surface area contributed by atoms with E-state index in [0.717, 1.165) is 23.1 Å². The third-order valence-corrected chi connectivity index (χ3v) is 4.31. The molecule has 0 fully saturated rings. The number of carbonyl (C=O) groups excluding carboxylic acids is 1. The number of hydrogen-bond acceptors (Lipinski definition) is 2. The van der Waals surface area contributed by atoms with E-state index in [1.807, 2.05) is 55.5 Å². The second-order valence-corrected chi connectivity index (χ2v) is 6.03. The SMILES string of the molecule is Cc1cccc(C(CC(=O)O)NC(=O)C2Cc3ccccc32)c1. The first-order chi connectivity index (χ1) is 11.0. The summed E-state index contributed by atoms with van der Waals surface area (Å²) in [6.07, 6.45) is 0.596. The Bertz CT molecular complexity index is 754. The maximum absolute atomic E-state index is 12.5. The minimum atomic E-state index is -0.925. The van der Waals surface area contributed by atoms with Crippen LogP contribution in [0.2, 0.25) is 0 Å². The second kappa shape index (κ2) is 6.24. The van der Waals surface area contributed by atoms with Crippen molar-refractivity contribution in [2.75, 3.05) is 0 Å². The first kappa shape index (κ1) is 15.3. The largest absolute Gasteiger partial charge is 0.481 e. The lowest BCUT2D eigenvalue weighted by Gasteiger charge is -2.30. The summed E-state index contributed by atoms with van der Waals surface area (Å²) in [6, 6.07) is 15.0. The number of benzene rings is 2. The third kappa shape index (κ3) is 3.26. The van der Waals surface area contributed by atoms with Crippen LogP contribution in [0, 0.1) is 6.92 Å². The quantitative estimate of drug-likeness (QED) is 0.892. The first-order valence-electron chi connectivity index (χ1n) is 7.71. The van der Waals surface area contributed by atoms with Crippen LogP contribution in [0.3, 0.4) is 0 Å².